The van der Waals surface area contributed by atoms with Gasteiger partial charge in [0, 0.05) is 0 Å². The molecule has 2 aromatic rings. The molecule has 110 valence electrons. The molecule has 0 fully saturated rings. The number of benzene rings is 2. The molecule has 1 N–H and O–H groups in total. The minimum atomic E-state index is -3.93. The third-order valence-electron chi connectivity index (χ3n) is 2.67. The minimum Gasteiger partial charge on any atom is -0.351 e. The molecule has 5 nitrogen and oxygen atoms in total. The van der Waals surface area contributed by atoms with E-state index in [-0.39, 0.29) is 15.5 Å². The van der Waals surface area contributed by atoms with E-state index in [4.69, 9.17) is 11.6 Å². The molecule has 0 atom stereocenters. The first kappa shape index (κ1) is 15.5. The summed E-state index contributed by atoms with van der Waals surface area (Å²) in [5.74, 6) is -0.878. The van der Waals surface area contributed by atoms with Crippen molar-refractivity contribution in [1.82, 2.24) is 4.89 Å². The molecular weight excluding hydrogens is 314 g/mol. The van der Waals surface area contributed by atoms with Crippen LogP contribution in [0.2, 0.25) is 5.02 Å². The zero-order chi connectivity index (χ0) is 15.5. The summed E-state index contributed by atoms with van der Waals surface area (Å²) in [7, 11) is -3.93. The van der Waals surface area contributed by atoms with Gasteiger partial charge in [-0.15, -0.1) is 0 Å². The van der Waals surface area contributed by atoms with Crippen LogP contribution in [0.15, 0.2) is 53.4 Å². The Morgan fingerprint density at radius 2 is 1.71 bits per heavy atom. The highest BCUT2D eigenvalue weighted by Crippen LogP contribution is 2.16. The number of halogens is 1. The van der Waals surface area contributed by atoms with E-state index in [0.29, 0.717) is 0 Å². The number of carbonyl (C=O) groups excluding carboxylic acids is 1. The first-order chi connectivity index (χ1) is 9.90. The van der Waals surface area contributed by atoms with Crippen molar-refractivity contribution >= 4 is 27.6 Å². The van der Waals surface area contributed by atoms with E-state index >= 15 is 0 Å². The van der Waals surface area contributed by atoms with Crippen molar-refractivity contribution in [2.75, 3.05) is 0 Å². The summed E-state index contributed by atoms with van der Waals surface area (Å²) < 4.78 is 23.9. The van der Waals surface area contributed by atoms with E-state index < -0.39 is 16.0 Å². The highest BCUT2D eigenvalue weighted by atomic mass is 35.5. The van der Waals surface area contributed by atoms with Gasteiger partial charge in [0.15, 0.2) is 0 Å². The van der Waals surface area contributed by atoms with Gasteiger partial charge in [-0.2, -0.15) is 0 Å². The molecule has 0 bridgehead atoms. The Bertz CT molecular complexity index is 757. The zero-order valence-electron chi connectivity index (χ0n) is 11.0. The van der Waals surface area contributed by atoms with Crippen LogP contribution in [0.1, 0.15) is 15.9 Å². The molecule has 2 aromatic carbocycles. The van der Waals surface area contributed by atoms with Crippen LogP contribution in [0, 0.1) is 6.92 Å². The standard InChI is InChI=1S/C14H12ClNO4S/c1-10-6-8-11(9-7-10)21(18,19)16-20-14(17)12-4-2-3-5-13(12)15/h2-9,16H,1H3. The maximum absolute atomic E-state index is 11.9. The SMILES string of the molecule is Cc1ccc(S(=O)(=O)NOC(=O)c2ccccc2Cl)cc1. The molecule has 0 aromatic heterocycles. The van der Waals surface area contributed by atoms with Gasteiger partial charge in [-0.1, -0.05) is 41.4 Å². The van der Waals surface area contributed by atoms with Crippen LogP contribution in [0.5, 0.6) is 0 Å². The summed E-state index contributed by atoms with van der Waals surface area (Å²) >= 11 is 5.83. The van der Waals surface area contributed by atoms with E-state index in [1.54, 1.807) is 29.2 Å². The summed E-state index contributed by atoms with van der Waals surface area (Å²) in [5.41, 5.74) is 0.993. The highest BCUT2D eigenvalue weighted by molar-refractivity contribution is 7.89. The van der Waals surface area contributed by atoms with Gasteiger partial charge < -0.3 is 4.84 Å². The number of nitrogens with one attached hydrogen (secondary N) is 1. The Morgan fingerprint density at radius 1 is 1.10 bits per heavy atom. The lowest BCUT2D eigenvalue weighted by atomic mass is 10.2. The lowest BCUT2D eigenvalue weighted by molar-refractivity contribution is 0.0407. The second kappa shape index (κ2) is 6.26. The lowest BCUT2D eigenvalue weighted by Gasteiger charge is -2.08. The molecule has 0 aliphatic heterocycles. The lowest BCUT2D eigenvalue weighted by Crippen LogP contribution is -2.27. The molecule has 0 saturated heterocycles. The van der Waals surface area contributed by atoms with Crippen molar-refractivity contribution < 1.29 is 18.0 Å². The number of hydrogen-bond donors (Lipinski definition) is 1. The van der Waals surface area contributed by atoms with Crippen molar-refractivity contribution in [1.29, 1.82) is 0 Å². The first-order valence-electron chi connectivity index (χ1n) is 5.94. The summed E-state index contributed by atoms with van der Waals surface area (Å²) in [6, 6.07) is 12.3. The molecule has 0 spiro atoms. The Morgan fingerprint density at radius 3 is 2.33 bits per heavy atom. The van der Waals surface area contributed by atoms with Gasteiger partial charge in [0.2, 0.25) is 0 Å². The Labute approximate surface area is 127 Å². The van der Waals surface area contributed by atoms with Crippen LogP contribution in [0.25, 0.3) is 0 Å². The first-order valence-corrected chi connectivity index (χ1v) is 7.80. The Balaban J connectivity index is 2.10. The average molecular weight is 326 g/mol. The fraction of sp³-hybridized carbons (Fsp3) is 0.0714. The van der Waals surface area contributed by atoms with Gasteiger partial charge >= 0.3 is 5.97 Å². The molecule has 0 saturated carbocycles. The summed E-state index contributed by atoms with van der Waals surface area (Å²) in [5, 5.41) is 0.178. The van der Waals surface area contributed by atoms with Crippen LogP contribution in [0.3, 0.4) is 0 Å². The largest absolute Gasteiger partial charge is 0.359 e. The molecule has 0 radical (unpaired) electrons. The van der Waals surface area contributed by atoms with Gasteiger partial charge in [0.25, 0.3) is 10.0 Å². The number of aryl methyl sites for hydroxylation is 1. The molecule has 0 unspecified atom stereocenters. The van der Waals surface area contributed by atoms with Crippen LogP contribution >= 0.6 is 11.6 Å². The van der Waals surface area contributed by atoms with Gasteiger partial charge in [0.1, 0.15) is 0 Å². The van der Waals surface area contributed by atoms with E-state index in [9.17, 15) is 13.2 Å². The van der Waals surface area contributed by atoms with E-state index in [2.05, 4.69) is 4.84 Å². The van der Waals surface area contributed by atoms with E-state index in [0.717, 1.165) is 5.56 Å². The second-order valence-corrected chi connectivity index (χ2v) is 6.32. The maximum Gasteiger partial charge on any atom is 0.359 e. The Hall–Kier alpha value is -1.89. The van der Waals surface area contributed by atoms with Crippen LogP contribution in [0.4, 0.5) is 0 Å². The molecule has 0 aliphatic carbocycles. The number of sulfonamides is 1. The average Bonchev–Trinajstić information content (AvgIpc) is 2.46. The summed E-state index contributed by atoms with van der Waals surface area (Å²) in [6.45, 7) is 1.83. The van der Waals surface area contributed by atoms with Crippen LogP contribution in [-0.2, 0) is 14.9 Å². The van der Waals surface area contributed by atoms with Gasteiger partial charge in [-0.3, -0.25) is 0 Å². The molecule has 0 heterocycles. The van der Waals surface area contributed by atoms with Crippen molar-refractivity contribution in [3.63, 3.8) is 0 Å². The van der Waals surface area contributed by atoms with Crippen LogP contribution < -0.4 is 4.89 Å². The Kier molecular flexibility index (Phi) is 4.62. The highest BCUT2D eigenvalue weighted by Gasteiger charge is 2.18. The fourth-order valence-electron chi connectivity index (χ4n) is 1.54. The fourth-order valence-corrected chi connectivity index (χ4v) is 2.53. The zero-order valence-corrected chi connectivity index (χ0v) is 12.6. The molecule has 21 heavy (non-hydrogen) atoms. The number of rotatable bonds is 4. The quantitative estimate of drug-likeness (QED) is 0.877. The smallest absolute Gasteiger partial charge is 0.351 e. The summed E-state index contributed by atoms with van der Waals surface area (Å²) in [6.07, 6.45) is 0. The van der Waals surface area contributed by atoms with Crippen LogP contribution in [-0.4, -0.2) is 14.4 Å². The predicted molar refractivity (Wildman–Crippen MR) is 78.4 cm³/mol. The number of hydrogen-bond acceptors (Lipinski definition) is 4. The molecular formula is C14H12ClNO4S. The third kappa shape index (κ3) is 3.81. The topological polar surface area (TPSA) is 72.5 Å². The van der Waals surface area contributed by atoms with Gasteiger partial charge in [0.05, 0.1) is 15.5 Å². The molecule has 0 amide bonds. The van der Waals surface area contributed by atoms with Crippen molar-refractivity contribution in [3.8, 4) is 0 Å². The second-order valence-electron chi connectivity index (χ2n) is 4.27. The normalized spacial score (nSPS) is 11.1. The summed E-state index contributed by atoms with van der Waals surface area (Å²) in [4.78, 5) is 18.1. The number of carbonyl (C=O) groups is 1. The maximum atomic E-state index is 11.9. The van der Waals surface area contributed by atoms with E-state index in [1.807, 2.05) is 6.92 Å². The van der Waals surface area contributed by atoms with Gasteiger partial charge in [-0.05, 0) is 36.1 Å². The molecule has 0 aliphatic rings. The minimum absolute atomic E-state index is 0.0000543. The third-order valence-corrected chi connectivity index (χ3v) is 4.19. The molecule has 7 heteroatoms. The van der Waals surface area contributed by atoms with Crippen molar-refractivity contribution in [3.05, 3.63) is 64.7 Å². The van der Waals surface area contributed by atoms with Gasteiger partial charge in [-0.25, -0.2) is 13.2 Å². The van der Waals surface area contributed by atoms with E-state index in [1.165, 1.54) is 24.3 Å². The van der Waals surface area contributed by atoms with Crippen molar-refractivity contribution in [2.24, 2.45) is 0 Å². The molecule has 2 rings (SSSR count). The van der Waals surface area contributed by atoms with Crippen molar-refractivity contribution in [2.45, 2.75) is 11.8 Å². The monoisotopic (exact) mass is 325 g/mol. The predicted octanol–water partition coefficient (Wildman–Crippen LogP) is 2.70.